The van der Waals surface area contributed by atoms with Crippen molar-refractivity contribution in [2.45, 2.75) is 37.0 Å². The quantitative estimate of drug-likeness (QED) is 0.515. The number of aryl methyl sites for hydroxylation is 3. The molecule has 0 aliphatic heterocycles. The van der Waals surface area contributed by atoms with E-state index in [1.54, 1.807) is 11.8 Å². The molecule has 1 aliphatic rings. The average Bonchev–Trinajstić information content (AvgIpc) is 3.13. The Morgan fingerprint density at radius 2 is 2.04 bits per heavy atom. The van der Waals surface area contributed by atoms with E-state index in [2.05, 4.69) is 11.1 Å². The first-order valence-electron chi connectivity index (χ1n) is 7.65. The molecule has 1 aromatic carbocycles. The molecule has 23 heavy (non-hydrogen) atoms. The van der Waals surface area contributed by atoms with Crippen LogP contribution in [-0.4, -0.2) is 9.97 Å². The van der Waals surface area contributed by atoms with Crippen LogP contribution in [0.1, 0.15) is 33.8 Å². The van der Waals surface area contributed by atoms with E-state index >= 15 is 0 Å². The van der Waals surface area contributed by atoms with E-state index in [4.69, 9.17) is 10.2 Å². The zero-order valence-corrected chi connectivity index (χ0v) is 14.4. The molecule has 0 amide bonds. The van der Waals surface area contributed by atoms with Gasteiger partial charge in [-0.2, -0.15) is 5.26 Å². The molecule has 0 spiro atoms. The van der Waals surface area contributed by atoms with Crippen LogP contribution in [0.4, 0.5) is 0 Å². The highest BCUT2D eigenvalue weighted by atomic mass is 32.2. The molecule has 0 saturated carbocycles. The van der Waals surface area contributed by atoms with Gasteiger partial charge in [0.1, 0.15) is 15.7 Å². The molecule has 3 nitrogen and oxygen atoms in total. The van der Waals surface area contributed by atoms with Gasteiger partial charge in [-0.15, -0.1) is 23.1 Å². The van der Waals surface area contributed by atoms with Crippen molar-refractivity contribution in [2.24, 2.45) is 0 Å². The fourth-order valence-corrected chi connectivity index (χ4v) is 5.42. The van der Waals surface area contributed by atoms with Crippen molar-refractivity contribution in [1.82, 2.24) is 9.97 Å². The van der Waals surface area contributed by atoms with E-state index < -0.39 is 0 Å². The fourth-order valence-electron chi connectivity index (χ4n) is 3.00. The maximum Gasteiger partial charge on any atom is 0.128 e. The van der Waals surface area contributed by atoms with Crippen LogP contribution in [0.5, 0.6) is 0 Å². The molecule has 4 rings (SSSR count). The first-order chi connectivity index (χ1) is 11.2. The summed E-state index contributed by atoms with van der Waals surface area (Å²) in [6, 6.07) is 9.95. The van der Waals surface area contributed by atoms with Crippen molar-refractivity contribution in [3.63, 3.8) is 0 Å². The summed E-state index contributed by atoms with van der Waals surface area (Å²) in [5.41, 5.74) is 3.40. The summed E-state index contributed by atoms with van der Waals surface area (Å²) in [4.78, 5) is 12.0. The smallest absolute Gasteiger partial charge is 0.128 e. The van der Waals surface area contributed by atoms with Crippen LogP contribution in [0.3, 0.4) is 0 Å². The lowest BCUT2D eigenvalue weighted by Gasteiger charge is -2.06. The number of benzene rings is 1. The largest absolute Gasteiger partial charge is 0.226 e. The molecular formula is C18H15N3S2. The van der Waals surface area contributed by atoms with Crippen molar-refractivity contribution in [3.8, 4) is 6.07 Å². The van der Waals surface area contributed by atoms with Gasteiger partial charge in [-0.25, -0.2) is 9.97 Å². The van der Waals surface area contributed by atoms with Gasteiger partial charge in [0.2, 0.25) is 0 Å². The van der Waals surface area contributed by atoms with Crippen LogP contribution < -0.4 is 0 Å². The minimum atomic E-state index is 0.703. The van der Waals surface area contributed by atoms with E-state index in [-0.39, 0.29) is 0 Å². The SMILES string of the molecule is Cc1nc(SCc2ccc(C#N)cc2)c2c3c(sc2n1)CCC3. The molecule has 2 heterocycles. The molecule has 1 aliphatic carbocycles. The van der Waals surface area contributed by atoms with Gasteiger partial charge in [0.25, 0.3) is 0 Å². The van der Waals surface area contributed by atoms with E-state index in [1.165, 1.54) is 34.2 Å². The van der Waals surface area contributed by atoms with Crippen molar-refractivity contribution in [2.75, 3.05) is 0 Å². The molecule has 5 heteroatoms. The number of thioether (sulfide) groups is 1. The van der Waals surface area contributed by atoms with E-state index in [1.807, 2.05) is 42.5 Å². The number of thiophene rings is 1. The monoisotopic (exact) mass is 337 g/mol. The van der Waals surface area contributed by atoms with Crippen LogP contribution in [-0.2, 0) is 18.6 Å². The molecule has 2 aromatic heterocycles. The molecule has 0 radical (unpaired) electrons. The number of aromatic nitrogens is 2. The summed E-state index contributed by atoms with van der Waals surface area (Å²) in [5, 5.41) is 11.3. The van der Waals surface area contributed by atoms with Crippen LogP contribution in [0.15, 0.2) is 29.3 Å². The first kappa shape index (κ1) is 14.7. The maximum absolute atomic E-state index is 8.88. The molecule has 0 fully saturated rings. The molecule has 3 aromatic rings. The van der Waals surface area contributed by atoms with Crippen LogP contribution in [0.25, 0.3) is 10.2 Å². The Labute approximate surface area is 143 Å². The number of nitrogens with zero attached hydrogens (tertiary/aromatic N) is 3. The Bertz CT molecular complexity index is 920. The van der Waals surface area contributed by atoms with Gasteiger partial charge in [0, 0.05) is 16.0 Å². The summed E-state index contributed by atoms with van der Waals surface area (Å²) in [7, 11) is 0. The standard InChI is InChI=1S/C18H15N3S2/c1-11-20-17(22-10-13-7-5-12(9-19)6-8-13)16-14-3-2-4-15(14)23-18(16)21-11/h5-8H,2-4,10H2,1H3. The minimum absolute atomic E-state index is 0.703. The van der Waals surface area contributed by atoms with Crippen LogP contribution >= 0.6 is 23.1 Å². The minimum Gasteiger partial charge on any atom is -0.226 e. The second kappa shape index (κ2) is 5.95. The second-order valence-corrected chi connectivity index (χ2v) is 7.76. The highest BCUT2D eigenvalue weighted by molar-refractivity contribution is 7.98. The van der Waals surface area contributed by atoms with Gasteiger partial charge >= 0.3 is 0 Å². The summed E-state index contributed by atoms with van der Waals surface area (Å²) >= 11 is 3.61. The summed E-state index contributed by atoms with van der Waals surface area (Å²) in [6.07, 6.45) is 3.60. The number of fused-ring (bicyclic) bond motifs is 3. The summed E-state index contributed by atoms with van der Waals surface area (Å²) in [6.45, 7) is 1.97. The van der Waals surface area contributed by atoms with E-state index in [0.717, 1.165) is 27.9 Å². The normalized spacial score (nSPS) is 13.2. The molecule has 114 valence electrons. The summed E-state index contributed by atoms with van der Waals surface area (Å²) in [5.74, 6) is 1.71. The van der Waals surface area contributed by atoms with Crippen molar-refractivity contribution in [1.29, 1.82) is 5.26 Å². The number of nitriles is 1. The third kappa shape index (κ3) is 2.73. The van der Waals surface area contributed by atoms with Gasteiger partial charge < -0.3 is 0 Å². The molecule has 0 N–H and O–H groups in total. The Morgan fingerprint density at radius 3 is 2.83 bits per heavy atom. The topological polar surface area (TPSA) is 49.6 Å². The lowest BCUT2D eigenvalue weighted by atomic mass is 10.2. The number of rotatable bonds is 3. The van der Waals surface area contributed by atoms with Gasteiger partial charge in [-0.05, 0) is 49.4 Å². The Morgan fingerprint density at radius 1 is 1.22 bits per heavy atom. The highest BCUT2D eigenvalue weighted by Gasteiger charge is 2.21. The predicted molar refractivity (Wildman–Crippen MR) is 94.9 cm³/mol. The van der Waals surface area contributed by atoms with Crippen LogP contribution in [0, 0.1) is 18.3 Å². The van der Waals surface area contributed by atoms with E-state index in [0.29, 0.717) is 5.56 Å². The van der Waals surface area contributed by atoms with E-state index in [9.17, 15) is 0 Å². The Kier molecular flexibility index (Phi) is 3.80. The molecule has 0 unspecified atom stereocenters. The van der Waals surface area contributed by atoms with Gasteiger partial charge in [-0.1, -0.05) is 12.1 Å². The van der Waals surface area contributed by atoms with Crippen molar-refractivity contribution >= 4 is 33.3 Å². The molecule has 0 saturated heterocycles. The summed E-state index contributed by atoms with van der Waals surface area (Å²) < 4.78 is 0. The van der Waals surface area contributed by atoms with Gasteiger partial charge in [-0.3, -0.25) is 0 Å². The number of hydrogen-bond donors (Lipinski definition) is 0. The maximum atomic E-state index is 8.88. The second-order valence-electron chi connectivity index (χ2n) is 5.71. The van der Waals surface area contributed by atoms with Crippen molar-refractivity contribution < 1.29 is 0 Å². The Hall–Kier alpha value is -1.90. The van der Waals surface area contributed by atoms with Crippen molar-refractivity contribution in [3.05, 3.63) is 51.7 Å². The first-order valence-corrected chi connectivity index (χ1v) is 9.45. The molecule has 0 bridgehead atoms. The van der Waals surface area contributed by atoms with Crippen LogP contribution in [0.2, 0.25) is 0 Å². The van der Waals surface area contributed by atoms with Gasteiger partial charge in [0.05, 0.1) is 11.6 Å². The highest BCUT2D eigenvalue weighted by Crippen LogP contribution is 2.41. The zero-order chi connectivity index (χ0) is 15.8. The Balaban J connectivity index is 1.66. The third-order valence-corrected chi connectivity index (χ3v) is 6.33. The fraction of sp³-hybridized carbons (Fsp3) is 0.278. The lowest BCUT2D eigenvalue weighted by molar-refractivity contribution is 0.914. The average molecular weight is 337 g/mol. The lowest BCUT2D eigenvalue weighted by Crippen LogP contribution is -1.93. The number of hydrogen-bond acceptors (Lipinski definition) is 5. The molecular weight excluding hydrogens is 322 g/mol. The predicted octanol–water partition coefficient (Wildman–Crippen LogP) is 4.65. The molecule has 0 atom stereocenters. The third-order valence-electron chi connectivity index (χ3n) is 4.10. The zero-order valence-electron chi connectivity index (χ0n) is 12.8. The van der Waals surface area contributed by atoms with Gasteiger partial charge in [0.15, 0.2) is 0 Å².